The van der Waals surface area contributed by atoms with Crippen LogP contribution in [0.5, 0.6) is 0 Å². The molecule has 0 aromatic heterocycles. The molecule has 3 fully saturated rings. The Morgan fingerprint density at radius 3 is 2.69 bits per heavy atom. The number of halogens is 1. The van der Waals surface area contributed by atoms with E-state index in [1.807, 2.05) is 13.8 Å². The molecule has 0 aliphatic carbocycles. The second kappa shape index (κ2) is 8.33. The van der Waals surface area contributed by atoms with Gasteiger partial charge in [0.1, 0.15) is 11.4 Å². The summed E-state index contributed by atoms with van der Waals surface area (Å²) in [6.45, 7) is 6.54. The molecule has 1 amide bonds. The third-order valence-electron chi connectivity index (χ3n) is 4.99. The highest BCUT2D eigenvalue weighted by atomic mass is 35.5. The molecule has 8 nitrogen and oxygen atoms in total. The van der Waals surface area contributed by atoms with Crippen molar-refractivity contribution < 1.29 is 19.4 Å². The van der Waals surface area contributed by atoms with Gasteiger partial charge in [0.05, 0.1) is 19.0 Å². The summed E-state index contributed by atoms with van der Waals surface area (Å²) < 4.78 is 5.15. The second-order valence-electron chi connectivity index (χ2n) is 7.20. The Morgan fingerprint density at radius 2 is 2.12 bits per heavy atom. The number of aliphatic carboxylic acids is 1. The first-order chi connectivity index (χ1) is 11.8. The molecule has 3 heterocycles. The molecule has 0 bridgehead atoms. The number of thioether (sulfide) groups is 1. The summed E-state index contributed by atoms with van der Waals surface area (Å²) >= 11 is 1.52. The van der Waals surface area contributed by atoms with E-state index in [0.29, 0.717) is 13.2 Å². The zero-order valence-electron chi connectivity index (χ0n) is 15.0. The number of rotatable bonds is 6. The molecule has 0 radical (unpaired) electrons. The summed E-state index contributed by atoms with van der Waals surface area (Å²) in [5.41, 5.74) is 5.45. The molecule has 0 saturated carbocycles. The van der Waals surface area contributed by atoms with E-state index in [-0.39, 0.29) is 29.8 Å². The Balaban J connectivity index is 0.00000243. The Bertz CT molecular complexity index is 568. The van der Waals surface area contributed by atoms with E-state index in [2.05, 4.69) is 9.89 Å². The number of fused-ring (bicyclic) bond motifs is 1. The normalized spacial score (nSPS) is 30.9. The van der Waals surface area contributed by atoms with Crippen molar-refractivity contribution in [2.45, 2.75) is 55.0 Å². The highest BCUT2D eigenvalue weighted by molar-refractivity contribution is 8.01. The lowest BCUT2D eigenvalue weighted by molar-refractivity contribution is -0.158. The third-order valence-corrected chi connectivity index (χ3v) is 6.54. The van der Waals surface area contributed by atoms with Crippen LogP contribution in [0.1, 0.15) is 26.7 Å². The predicted octanol–water partition coefficient (Wildman–Crippen LogP) is 0.392. The lowest BCUT2D eigenvalue weighted by atomic mass is 9.96. The van der Waals surface area contributed by atoms with Gasteiger partial charge in [-0.05, 0) is 26.7 Å². The number of piperidine rings is 1. The van der Waals surface area contributed by atoms with Crippen molar-refractivity contribution in [3.63, 3.8) is 0 Å². The Hall–Kier alpha value is -1.03. The number of carbonyl (C=O) groups is 2. The maximum absolute atomic E-state index is 12.4. The molecule has 0 aromatic carbocycles. The number of carboxylic acid groups (broad SMARTS) is 1. The van der Waals surface area contributed by atoms with E-state index >= 15 is 0 Å². The van der Waals surface area contributed by atoms with Crippen LogP contribution in [0.4, 0.5) is 0 Å². The third kappa shape index (κ3) is 3.95. The minimum absolute atomic E-state index is 0. The number of ether oxygens (including phenoxy) is 1. The van der Waals surface area contributed by atoms with E-state index in [9.17, 15) is 14.7 Å². The fourth-order valence-corrected chi connectivity index (χ4v) is 5.31. The van der Waals surface area contributed by atoms with Crippen LogP contribution >= 0.6 is 24.2 Å². The van der Waals surface area contributed by atoms with Crippen molar-refractivity contribution in [2.24, 2.45) is 10.7 Å². The van der Waals surface area contributed by atoms with E-state index in [1.165, 1.54) is 16.7 Å². The molecule has 148 valence electrons. The van der Waals surface area contributed by atoms with E-state index in [0.717, 1.165) is 25.9 Å². The van der Waals surface area contributed by atoms with Crippen LogP contribution in [-0.4, -0.2) is 87.7 Å². The number of likely N-dealkylation sites (tertiary alicyclic amines) is 1. The van der Waals surface area contributed by atoms with Crippen molar-refractivity contribution in [3.05, 3.63) is 0 Å². The quantitative estimate of drug-likeness (QED) is 0.373. The number of hydrogen-bond donors (Lipinski definition) is 2. The van der Waals surface area contributed by atoms with Crippen LogP contribution in [0, 0.1) is 0 Å². The van der Waals surface area contributed by atoms with Crippen LogP contribution in [0.3, 0.4) is 0 Å². The number of carbonyl (C=O) groups excluding carboxylic acids is 1. The van der Waals surface area contributed by atoms with Gasteiger partial charge in [-0.1, -0.05) is 0 Å². The van der Waals surface area contributed by atoms with Crippen LogP contribution in [0.2, 0.25) is 0 Å². The Kier molecular flexibility index (Phi) is 6.81. The topological polar surface area (TPSA) is 108 Å². The smallest absolute Gasteiger partial charge is 0.327 e. The summed E-state index contributed by atoms with van der Waals surface area (Å²) in [5.74, 6) is -1.14. The number of nitrogens with zero attached hydrogens (tertiary/aromatic N) is 3. The van der Waals surface area contributed by atoms with Gasteiger partial charge in [-0.2, -0.15) is 0 Å². The summed E-state index contributed by atoms with van der Waals surface area (Å²) in [4.78, 5) is 31.9. The number of aliphatic imine (C=N–C) groups is 1. The van der Waals surface area contributed by atoms with Gasteiger partial charge in [-0.15, -0.1) is 24.2 Å². The highest BCUT2D eigenvalue weighted by Crippen LogP contribution is 2.51. The number of carboxylic acids is 1. The van der Waals surface area contributed by atoms with Crippen molar-refractivity contribution in [1.29, 1.82) is 0 Å². The first-order valence-electron chi connectivity index (χ1n) is 8.67. The minimum atomic E-state index is -0.949. The standard InChI is InChI=1S/C16H26N4O4S.ClH/c1-16(2)12(15(22)23)20-13(21)11(14(20)25-16)18-9-19-6-3-10(4-7-19)24-8-5-17;/h9-12,14H,3-8,17H2,1-2H3,(H,22,23);1H/t11-,12+,14-;/m1./s1. The van der Waals surface area contributed by atoms with Crippen molar-refractivity contribution in [2.75, 3.05) is 26.2 Å². The fourth-order valence-electron chi connectivity index (χ4n) is 3.69. The van der Waals surface area contributed by atoms with Gasteiger partial charge >= 0.3 is 5.97 Å². The molecular formula is C16H27ClN4O4S. The molecule has 0 unspecified atom stereocenters. The lowest BCUT2D eigenvalue weighted by Gasteiger charge is -2.41. The largest absolute Gasteiger partial charge is 0.480 e. The summed E-state index contributed by atoms with van der Waals surface area (Å²) in [5, 5.41) is 9.25. The highest BCUT2D eigenvalue weighted by Gasteiger charge is 2.63. The van der Waals surface area contributed by atoms with Crippen LogP contribution in [0.15, 0.2) is 4.99 Å². The molecule has 3 atom stereocenters. The van der Waals surface area contributed by atoms with Gasteiger partial charge in [0.25, 0.3) is 5.91 Å². The summed E-state index contributed by atoms with van der Waals surface area (Å²) in [6, 6.07) is -1.25. The van der Waals surface area contributed by atoms with Gasteiger partial charge in [-0.25, -0.2) is 4.79 Å². The molecule has 3 saturated heterocycles. The number of amides is 1. The molecular weight excluding hydrogens is 380 g/mol. The molecule has 0 spiro atoms. The number of hydrogen-bond acceptors (Lipinski definition) is 6. The lowest BCUT2D eigenvalue weighted by Crippen LogP contribution is -2.65. The van der Waals surface area contributed by atoms with Crippen molar-refractivity contribution >= 4 is 42.4 Å². The second-order valence-corrected chi connectivity index (χ2v) is 8.97. The minimum Gasteiger partial charge on any atom is -0.480 e. The Labute approximate surface area is 163 Å². The molecule has 3 aliphatic rings. The van der Waals surface area contributed by atoms with Gasteiger partial charge < -0.3 is 25.4 Å². The molecule has 3 rings (SSSR count). The first kappa shape index (κ1) is 21.3. The van der Waals surface area contributed by atoms with E-state index < -0.39 is 22.8 Å². The average molecular weight is 407 g/mol. The van der Waals surface area contributed by atoms with Gasteiger partial charge in [0.15, 0.2) is 6.04 Å². The van der Waals surface area contributed by atoms with Gasteiger partial charge in [-0.3, -0.25) is 9.79 Å². The van der Waals surface area contributed by atoms with Crippen LogP contribution in [-0.2, 0) is 14.3 Å². The van der Waals surface area contributed by atoms with Crippen LogP contribution in [0.25, 0.3) is 0 Å². The predicted molar refractivity (Wildman–Crippen MR) is 103 cm³/mol. The number of β-lactam (4-membered cyclic amide) rings is 1. The van der Waals surface area contributed by atoms with E-state index in [4.69, 9.17) is 10.5 Å². The Morgan fingerprint density at radius 1 is 1.46 bits per heavy atom. The summed E-state index contributed by atoms with van der Waals surface area (Å²) in [6.07, 6.45) is 3.84. The van der Waals surface area contributed by atoms with Crippen molar-refractivity contribution in [1.82, 2.24) is 9.80 Å². The molecule has 0 aromatic rings. The SMILES string of the molecule is CC1(C)S[C@@H]2[C@H](N=CN3CCC(OCCN)CC3)C(=O)N2[C@H]1C(=O)O.Cl. The average Bonchev–Trinajstić information content (AvgIpc) is 2.82. The molecule has 10 heteroatoms. The fraction of sp³-hybridized carbons (Fsp3) is 0.812. The molecule has 3 N–H and O–H groups in total. The zero-order chi connectivity index (χ0) is 18.2. The first-order valence-corrected chi connectivity index (χ1v) is 9.55. The van der Waals surface area contributed by atoms with Gasteiger partial charge in [0, 0.05) is 24.4 Å². The molecule has 26 heavy (non-hydrogen) atoms. The maximum atomic E-state index is 12.4. The zero-order valence-corrected chi connectivity index (χ0v) is 16.7. The van der Waals surface area contributed by atoms with Crippen molar-refractivity contribution in [3.8, 4) is 0 Å². The maximum Gasteiger partial charge on any atom is 0.327 e. The summed E-state index contributed by atoms with van der Waals surface area (Å²) in [7, 11) is 0. The van der Waals surface area contributed by atoms with Crippen LogP contribution < -0.4 is 5.73 Å². The number of nitrogens with two attached hydrogens (primary N) is 1. The monoisotopic (exact) mass is 406 g/mol. The molecule has 3 aliphatic heterocycles. The van der Waals surface area contributed by atoms with E-state index in [1.54, 1.807) is 6.34 Å². The van der Waals surface area contributed by atoms with Gasteiger partial charge in [0.2, 0.25) is 0 Å².